The smallest absolute Gasteiger partial charge is 0.342 e. The summed E-state index contributed by atoms with van der Waals surface area (Å²) in [4.78, 5) is 109. The molecule has 2 heterocycles. The second-order valence-electron chi connectivity index (χ2n) is 32.5. The van der Waals surface area contributed by atoms with Gasteiger partial charge in [-0.25, -0.2) is 19.4 Å². The number of aromatic nitrogens is 1. The maximum atomic E-state index is 16.0. The highest BCUT2D eigenvalue weighted by atomic mass is 32.2. The third-order valence-electron chi connectivity index (χ3n) is 21.0. The number of aromatic amines is 1. The zero-order valence-electron chi connectivity index (χ0n) is 60.7. The van der Waals surface area contributed by atoms with Gasteiger partial charge in [-0.1, -0.05) is 159 Å². The lowest BCUT2D eigenvalue weighted by Gasteiger charge is -2.50. The second-order valence-corrected chi connectivity index (χ2v) is 33.8. The van der Waals surface area contributed by atoms with Crippen molar-refractivity contribution in [3.05, 3.63) is 51.5 Å². The van der Waals surface area contributed by atoms with Gasteiger partial charge in [0.15, 0.2) is 5.84 Å². The van der Waals surface area contributed by atoms with Gasteiger partial charge in [0.05, 0.1) is 24.3 Å². The van der Waals surface area contributed by atoms with E-state index in [9.17, 15) is 24.6 Å². The third kappa shape index (κ3) is 19.1. The van der Waals surface area contributed by atoms with Crippen LogP contribution < -0.4 is 0 Å². The summed E-state index contributed by atoms with van der Waals surface area (Å²) < 4.78 is 19.6. The Morgan fingerprint density at radius 1 is 0.692 bits per heavy atom. The maximum absolute atomic E-state index is 16.0. The predicted molar refractivity (Wildman–Crippen MR) is 368 cm³/mol. The summed E-state index contributed by atoms with van der Waals surface area (Å²) in [7, 11) is 1.65. The van der Waals surface area contributed by atoms with E-state index >= 15 is 19.2 Å². The van der Waals surface area contributed by atoms with Crippen LogP contribution in [0.15, 0.2) is 34.0 Å². The summed E-state index contributed by atoms with van der Waals surface area (Å²) >= 11 is 1.05. The molecule has 1 aliphatic heterocycles. The number of esters is 3. The largest absolute Gasteiger partial charge is 0.481 e. The molecule has 0 aromatic carbocycles. The van der Waals surface area contributed by atoms with Crippen LogP contribution in [0.25, 0.3) is 6.08 Å². The second kappa shape index (κ2) is 31.5. The molecule has 4 rings (SSSR count). The number of amidine groups is 1. The fourth-order valence-corrected chi connectivity index (χ4v) is 16.2. The predicted octanol–water partition coefficient (Wildman–Crippen LogP) is 17.3. The molecule has 514 valence electrons. The van der Waals surface area contributed by atoms with Crippen LogP contribution in [0.3, 0.4) is 0 Å². The van der Waals surface area contributed by atoms with E-state index in [1.54, 1.807) is 14.0 Å². The standard InChI is InChI=1S/C75H121N3O12S/c1-26-74(27-2,32-30-34-88-66(84)45(9)10)56(79)41-54-60(67(85)89-62-48(70(13,14)15)36-46(11)37-49(62)71(16,17)18)58(43(5)6)52(76-54)40-53-59(44(7)8)61(68(86)90-63-50(72(19,20)21)38-47(12)39-51(63)73(22,23)24)64(77-53)78(25)69(87)75(28-3,29-4)33-31-35-91-55(65(82)83)42-57(80)81/h40,43-44,46-51,55,62-63,76H,9,26-39,41-42H2,1-8,10-25H3,(H,80,81)(H,82,83)/b53-40-. The molecule has 3 N–H and O–H groups in total. The van der Waals surface area contributed by atoms with Crippen molar-refractivity contribution < 1.29 is 58.0 Å². The Hall–Kier alpha value is -4.99. The van der Waals surface area contributed by atoms with E-state index in [-0.39, 0.29) is 93.3 Å². The number of carbonyl (C=O) groups excluding carboxylic acids is 5. The van der Waals surface area contributed by atoms with Crippen LogP contribution in [-0.4, -0.2) is 104 Å². The fourth-order valence-electron chi connectivity index (χ4n) is 15.2. The number of aliphatic carboxylic acids is 2. The summed E-state index contributed by atoms with van der Waals surface area (Å²) in [6.45, 7) is 52.5. The molecule has 91 heavy (non-hydrogen) atoms. The van der Waals surface area contributed by atoms with Crippen LogP contribution in [-0.2, 0) is 49.4 Å². The summed E-state index contributed by atoms with van der Waals surface area (Å²) in [5.74, 6) is -3.68. The van der Waals surface area contributed by atoms with Gasteiger partial charge in [-0.2, -0.15) is 0 Å². The number of hydrogen-bond donors (Lipinski definition) is 3. The molecular formula is C75H121N3O12S. The van der Waals surface area contributed by atoms with Crippen molar-refractivity contribution >= 4 is 65.2 Å². The number of nitrogens with one attached hydrogen (secondary N) is 1. The minimum absolute atomic E-state index is 0.00465. The Morgan fingerprint density at radius 3 is 1.54 bits per heavy atom. The summed E-state index contributed by atoms with van der Waals surface area (Å²) in [6.07, 6.45) is 7.34. The number of amides is 1. The molecule has 5 unspecified atom stereocenters. The van der Waals surface area contributed by atoms with Crippen molar-refractivity contribution in [1.29, 1.82) is 0 Å². The van der Waals surface area contributed by atoms with Crippen LogP contribution in [0, 0.1) is 73.9 Å². The van der Waals surface area contributed by atoms with E-state index in [2.05, 4.69) is 108 Å². The lowest BCUT2D eigenvalue weighted by molar-refractivity contribution is -0.164. The van der Waals surface area contributed by atoms with Crippen LogP contribution >= 0.6 is 11.8 Å². The number of carbonyl (C=O) groups is 7. The number of Topliss-reactive ketones (excluding diaryl/α,β-unsaturated/α-hetero) is 1. The number of thioether (sulfide) groups is 1. The molecule has 0 radical (unpaired) electrons. The number of carboxylic acid groups (broad SMARTS) is 2. The molecule has 0 spiro atoms. The first kappa shape index (κ1) is 78.5. The van der Waals surface area contributed by atoms with Gasteiger partial charge >= 0.3 is 29.8 Å². The number of aliphatic imine (C=N–C) groups is 1. The van der Waals surface area contributed by atoms with Gasteiger partial charge in [0.1, 0.15) is 28.8 Å². The average Bonchev–Trinajstić information content (AvgIpc) is 1.72. The van der Waals surface area contributed by atoms with Crippen molar-refractivity contribution in [2.24, 2.45) is 78.9 Å². The lowest BCUT2D eigenvalue weighted by atomic mass is 9.59. The molecule has 0 bridgehead atoms. The first-order valence-electron chi connectivity index (χ1n) is 34.3. The summed E-state index contributed by atoms with van der Waals surface area (Å²) in [5.41, 5.74) is 0.614. The third-order valence-corrected chi connectivity index (χ3v) is 22.3. The van der Waals surface area contributed by atoms with Gasteiger partial charge in [0, 0.05) is 64.9 Å². The first-order chi connectivity index (χ1) is 41.9. The number of rotatable bonds is 28. The molecule has 16 heteroatoms. The van der Waals surface area contributed by atoms with E-state index in [1.165, 1.54) is 4.90 Å². The van der Waals surface area contributed by atoms with Gasteiger partial charge in [-0.05, 0) is 152 Å². The van der Waals surface area contributed by atoms with E-state index in [0.29, 0.717) is 108 Å². The minimum atomic E-state index is -1.21. The molecule has 1 aromatic heterocycles. The Labute approximate surface area is 552 Å². The molecule has 5 atom stereocenters. The van der Waals surface area contributed by atoms with Crippen molar-refractivity contribution in [3.8, 4) is 0 Å². The Kier molecular flexibility index (Phi) is 27.2. The highest BCUT2D eigenvalue weighted by Gasteiger charge is 2.52. The van der Waals surface area contributed by atoms with Crippen molar-refractivity contribution in [1.82, 2.24) is 9.88 Å². The number of likely N-dealkylation sites (N-methyl/N-ethyl adjacent to an activating group) is 1. The summed E-state index contributed by atoms with van der Waals surface area (Å²) in [5, 5.41) is 18.1. The zero-order chi connectivity index (χ0) is 69.4. The van der Waals surface area contributed by atoms with Crippen LogP contribution in [0.1, 0.15) is 276 Å². The molecule has 1 aromatic rings. The van der Waals surface area contributed by atoms with Crippen LogP contribution in [0.2, 0.25) is 0 Å². The number of carboxylic acids is 2. The van der Waals surface area contributed by atoms with Crippen molar-refractivity contribution in [3.63, 3.8) is 0 Å². The topological polar surface area (TPSA) is 219 Å². The number of nitrogens with zero attached hydrogens (tertiary/aromatic N) is 2. The van der Waals surface area contributed by atoms with Crippen LogP contribution in [0.4, 0.5) is 0 Å². The number of allylic oxidation sites excluding steroid dienone is 1. The molecule has 2 fully saturated rings. The van der Waals surface area contributed by atoms with E-state index < -0.39 is 64.6 Å². The number of hydrogen-bond acceptors (Lipinski definition) is 12. The highest BCUT2D eigenvalue weighted by Crippen LogP contribution is 2.53. The highest BCUT2D eigenvalue weighted by molar-refractivity contribution is 8.00. The van der Waals surface area contributed by atoms with Gasteiger partial charge in [-0.15, -0.1) is 11.8 Å². The van der Waals surface area contributed by atoms with E-state index in [0.717, 1.165) is 37.4 Å². The average molecular weight is 1290 g/mol. The molecule has 0 saturated heterocycles. The summed E-state index contributed by atoms with van der Waals surface area (Å²) in [6, 6.07) is 0. The SMILES string of the molecule is C=C(C)C(=O)OCCCC(CC)(CC)C(=O)Cc1[nH]c(/C=C2\N=C(N(C)C(=O)C(CC)(CC)CCCSC(CC(=O)O)C(=O)O)C(C(=O)OC3C(C(C)(C)C)CC(C)CC3C(C)(C)C)=C2C(C)C)c(C(C)C)c1C(=O)OC1C(C(C)(C)C)CC(C)CC1C(C)(C)C. The quantitative estimate of drug-likeness (QED) is 0.0308. The molecule has 2 aliphatic carbocycles. The van der Waals surface area contributed by atoms with Gasteiger partial charge in [0.25, 0.3) is 0 Å². The lowest BCUT2D eigenvalue weighted by Crippen LogP contribution is -2.50. The van der Waals surface area contributed by atoms with Crippen LogP contribution in [0.5, 0.6) is 0 Å². The molecule has 15 nitrogen and oxygen atoms in total. The first-order valence-corrected chi connectivity index (χ1v) is 35.3. The molecule has 1 amide bonds. The Bertz CT molecular complexity index is 2820. The minimum Gasteiger partial charge on any atom is -0.481 e. The van der Waals surface area contributed by atoms with E-state index in [1.807, 2.05) is 61.5 Å². The molecule has 3 aliphatic rings. The normalized spacial score (nSPS) is 22.9. The number of ketones is 1. The van der Waals surface area contributed by atoms with Gasteiger partial charge in [-0.3, -0.25) is 24.1 Å². The molecule has 2 saturated carbocycles. The number of H-pyrrole nitrogens is 1. The Morgan fingerprint density at radius 2 is 1.14 bits per heavy atom. The number of ether oxygens (including phenoxy) is 3. The maximum Gasteiger partial charge on any atom is 0.342 e. The zero-order valence-corrected chi connectivity index (χ0v) is 61.5. The van der Waals surface area contributed by atoms with Gasteiger partial charge in [0.2, 0.25) is 5.91 Å². The fraction of sp³-hybridized carbons (Fsp3) is 0.760. The van der Waals surface area contributed by atoms with Crippen molar-refractivity contribution in [2.75, 3.05) is 19.4 Å². The monoisotopic (exact) mass is 1290 g/mol. The van der Waals surface area contributed by atoms with E-state index in [4.69, 9.17) is 19.2 Å². The van der Waals surface area contributed by atoms with Crippen molar-refractivity contribution in [2.45, 2.75) is 273 Å². The molecular weight excluding hydrogens is 1170 g/mol. The Balaban J connectivity index is 2.12. The van der Waals surface area contributed by atoms with Gasteiger partial charge < -0.3 is 29.4 Å².